The number of carbonyl (C=O) groups excluding carboxylic acids is 1. The molecule has 8 nitrogen and oxygen atoms in total. The van der Waals surface area contributed by atoms with Crippen molar-refractivity contribution in [3.8, 4) is 0 Å². The van der Waals surface area contributed by atoms with Crippen molar-refractivity contribution in [2.75, 3.05) is 16.3 Å². The Kier molecular flexibility index (Phi) is 8.09. The van der Waals surface area contributed by atoms with Crippen molar-refractivity contribution < 1.29 is 35.9 Å². The predicted molar refractivity (Wildman–Crippen MR) is 132 cm³/mol. The Balaban J connectivity index is 1.82. The molecule has 0 fully saturated rings. The van der Waals surface area contributed by atoms with Gasteiger partial charge in [0.15, 0.2) is 0 Å². The van der Waals surface area contributed by atoms with Gasteiger partial charge < -0.3 is 9.64 Å². The third kappa shape index (κ3) is 6.62. The molecule has 4 rings (SSSR count). The third-order valence-corrected chi connectivity index (χ3v) is 6.52. The van der Waals surface area contributed by atoms with E-state index in [1.807, 2.05) is 0 Å². The fourth-order valence-electron chi connectivity index (χ4n) is 4.44. The molecule has 1 aliphatic heterocycles. The molecule has 0 aliphatic carbocycles. The van der Waals surface area contributed by atoms with Crippen LogP contribution >= 0.6 is 15.9 Å². The van der Waals surface area contributed by atoms with Gasteiger partial charge >= 0.3 is 18.4 Å². The van der Waals surface area contributed by atoms with Crippen molar-refractivity contribution in [3.05, 3.63) is 63.1 Å². The largest absolute Gasteiger partial charge is 0.446 e. The monoisotopic (exact) mass is 620 g/mol. The Morgan fingerprint density at radius 2 is 1.79 bits per heavy atom. The van der Waals surface area contributed by atoms with Gasteiger partial charge in [-0.25, -0.2) is 4.79 Å². The molecule has 0 radical (unpaired) electrons. The number of nitrogens with one attached hydrogen (secondary N) is 1. The first-order chi connectivity index (χ1) is 18.2. The zero-order chi connectivity index (χ0) is 28.5. The number of ether oxygens (including phenoxy) is 1. The summed E-state index contributed by atoms with van der Waals surface area (Å²) in [5.41, 5.74) is -2.03. The molecule has 1 aromatic heterocycles. The van der Waals surface area contributed by atoms with Crippen LogP contribution in [-0.4, -0.2) is 39.4 Å². The van der Waals surface area contributed by atoms with Gasteiger partial charge in [0, 0.05) is 17.6 Å². The van der Waals surface area contributed by atoms with E-state index in [9.17, 15) is 31.1 Å². The number of aromatic nitrogens is 4. The number of alkyl halides is 6. The van der Waals surface area contributed by atoms with Gasteiger partial charge in [-0.2, -0.15) is 31.6 Å². The van der Waals surface area contributed by atoms with Crippen LogP contribution in [0.1, 0.15) is 55.0 Å². The highest BCUT2D eigenvalue weighted by molar-refractivity contribution is 9.10. The van der Waals surface area contributed by atoms with Crippen molar-refractivity contribution >= 4 is 33.7 Å². The Bertz CT molecular complexity index is 1280. The van der Waals surface area contributed by atoms with Crippen molar-refractivity contribution in [2.24, 2.45) is 0 Å². The molecule has 0 saturated carbocycles. The third-order valence-electron chi connectivity index (χ3n) is 6.02. The molecule has 1 aliphatic rings. The zero-order valence-corrected chi connectivity index (χ0v) is 22.2. The molecule has 0 spiro atoms. The number of nitrogens with zero attached hydrogens (tertiary/aromatic N) is 5. The molecule has 2 aromatic carbocycles. The minimum Gasteiger partial charge on any atom is -0.446 e. The summed E-state index contributed by atoms with van der Waals surface area (Å²) < 4.78 is 87.2. The minimum atomic E-state index is -5.00. The van der Waals surface area contributed by atoms with Crippen LogP contribution in [-0.2, 0) is 23.6 Å². The molecule has 0 saturated heterocycles. The predicted octanol–water partition coefficient (Wildman–Crippen LogP) is 6.89. The molecule has 3 aromatic rings. The summed E-state index contributed by atoms with van der Waals surface area (Å²) in [6.07, 6.45) is -10.1. The molecule has 1 unspecified atom stereocenters. The molecule has 1 amide bonds. The van der Waals surface area contributed by atoms with E-state index in [-0.39, 0.29) is 30.2 Å². The SMILES string of the molecule is CC(C)OC(=O)N1CCCC(N(Cc2cc(C(F)(F)F)cc(C(F)(F)F)c2)c2nn[nH]n2)c2cc(Br)ccc21. The maximum absolute atomic E-state index is 13.5. The molecule has 0 bridgehead atoms. The van der Waals surface area contributed by atoms with Crippen LogP contribution in [0.5, 0.6) is 0 Å². The Morgan fingerprint density at radius 3 is 2.36 bits per heavy atom. The number of benzene rings is 2. The normalized spacial score (nSPS) is 16.2. The van der Waals surface area contributed by atoms with Gasteiger partial charge in [-0.05, 0) is 79.4 Å². The van der Waals surface area contributed by atoms with E-state index in [4.69, 9.17) is 4.74 Å². The summed E-state index contributed by atoms with van der Waals surface area (Å²) in [4.78, 5) is 15.8. The number of H-pyrrole nitrogens is 1. The zero-order valence-electron chi connectivity index (χ0n) is 20.6. The van der Waals surface area contributed by atoms with E-state index in [0.717, 1.165) is 0 Å². The smallest absolute Gasteiger partial charge is 0.416 e. The number of hydrogen-bond acceptors (Lipinski definition) is 6. The average molecular weight is 621 g/mol. The average Bonchev–Trinajstić information content (AvgIpc) is 3.30. The standard InChI is InChI=1S/C24H23BrF6N6O2/c1-13(2)39-22(38)36-7-3-4-19(18-11-17(25)5-6-20(18)36)37(21-32-34-35-33-21)12-14-8-15(23(26,27)28)10-16(9-14)24(29,30)31/h5-6,8-11,13,19H,3-4,7,12H2,1-2H3,(H,32,33,34,35). The number of amides is 1. The van der Waals surface area contributed by atoms with Crippen molar-refractivity contribution in [1.82, 2.24) is 20.6 Å². The molecule has 210 valence electrons. The quantitative estimate of drug-likeness (QED) is 0.313. The van der Waals surface area contributed by atoms with Gasteiger partial charge in [-0.3, -0.25) is 4.90 Å². The molecule has 1 N–H and O–H groups in total. The van der Waals surface area contributed by atoms with E-state index >= 15 is 0 Å². The Labute approximate surface area is 227 Å². The van der Waals surface area contributed by atoms with Gasteiger partial charge in [0.2, 0.25) is 0 Å². The van der Waals surface area contributed by atoms with Crippen molar-refractivity contribution in [1.29, 1.82) is 0 Å². The molecule has 1 atom stereocenters. The molecular formula is C24H23BrF6N6O2. The lowest BCUT2D eigenvalue weighted by atomic mass is 9.98. The summed E-state index contributed by atoms with van der Waals surface area (Å²) in [5.74, 6) is -0.0323. The fraction of sp³-hybridized carbons (Fsp3) is 0.417. The van der Waals surface area contributed by atoms with E-state index in [1.54, 1.807) is 32.0 Å². The topological polar surface area (TPSA) is 87.2 Å². The summed E-state index contributed by atoms with van der Waals surface area (Å²) in [6.45, 7) is 3.30. The van der Waals surface area contributed by atoms with Crippen LogP contribution in [0, 0.1) is 0 Å². The van der Waals surface area contributed by atoms with Gasteiger partial charge in [0.1, 0.15) is 0 Å². The summed E-state index contributed by atoms with van der Waals surface area (Å²) in [5, 5.41) is 13.7. The lowest BCUT2D eigenvalue weighted by molar-refractivity contribution is -0.143. The number of aromatic amines is 1. The van der Waals surface area contributed by atoms with E-state index in [0.29, 0.717) is 40.7 Å². The van der Waals surface area contributed by atoms with E-state index < -0.39 is 42.2 Å². The van der Waals surface area contributed by atoms with Crippen LogP contribution < -0.4 is 9.80 Å². The second kappa shape index (κ2) is 11.0. The highest BCUT2D eigenvalue weighted by Crippen LogP contribution is 2.42. The number of carbonyl (C=O) groups is 1. The molecular weight excluding hydrogens is 598 g/mol. The fourth-order valence-corrected chi connectivity index (χ4v) is 4.82. The van der Waals surface area contributed by atoms with Crippen molar-refractivity contribution in [2.45, 2.75) is 57.7 Å². The van der Waals surface area contributed by atoms with Gasteiger partial charge in [0.25, 0.3) is 5.95 Å². The highest BCUT2D eigenvalue weighted by Gasteiger charge is 2.38. The van der Waals surface area contributed by atoms with Crippen LogP contribution in [0.3, 0.4) is 0 Å². The number of anilines is 2. The van der Waals surface area contributed by atoms with E-state index in [2.05, 4.69) is 36.6 Å². The first-order valence-electron chi connectivity index (χ1n) is 11.8. The molecule has 2 heterocycles. The molecule has 15 heteroatoms. The minimum absolute atomic E-state index is 0.0323. The first kappa shape index (κ1) is 28.6. The molecule has 39 heavy (non-hydrogen) atoms. The maximum Gasteiger partial charge on any atom is 0.416 e. The van der Waals surface area contributed by atoms with E-state index in [1.165, 1.54) is 9.80 Å². The van der Waals surface area contributed by atoms with Gasteiger partial charge in [-0.15, -0.1) is 5.10 Å². The number of hydrogen-bond donors (Lipinski definition) is 1. The lowest BCUT2D eigenvalue weighted by Crippen LogP contribution is -2.34. The van der Waals surface area contributed by atoms with Crippen LogP contribution in [0.15, 0.2) is 40.9 Å². The number of tetrazole rings is 1. The number of rotatable bonds is 5. The summed E-state index contributed by atoms with van der Waals surface area (Å²) in [6, 6.07) is 5.94. The number of fused-ring (bicyclic) bond motifs is 1. The maximum atomic E-state index is 13.5. The van der Waals surface area contributed by atoms with Crippen LogP contribution in [0.2, 0.25) is 0 Å². The highest BCUT2D eigenvalue weighted by atomic mass is 79.9. The van der Waals surface area contributed by atoms with Gasteiger partial charge in [-0.1, -0.05) is 21.0 Å². The Hall–Kier alpha value is -3.36. The van der Waals surface area contributed by atoms with Crippen LogP contribution in [0.4, 0.5) is 42.8 Å². The summed E-state index contributed by atoms with van der Waals surface area (Å²) in [7, 11) is 0. The lowest BCUT2D eigenvalue weighted by Gasteiger charge is -2.32. The second-order valence-corrected chi connectivity index (χ2v) is 10.1. The first-order valence-corrected chi connectivity index (χ1v) is 12.6. The van der Waals surface area contributed by atoms with Crippen LogP contribution in [0.25, 0.3) is 0 Å². The van der Waals surface area contributed by atoms with Crippen molar-refractivity contribution in [3.63, 3.8) is 0 Å². The number of halogens is 7. The Morgan fingerprint density at radius 1 is 1.13 bits per heavy atom. The van der Waals surface area contributed by atoms with Gasteiger partial charge in [0.05, 0.1) is 29.0 Å². The summed E-state index contributed by atoms with van der Waals surface area (Å²) >= 11 is 3.42. The second-order valence-electron chi connectivity index (χ2n) is 9.20.